The Morgan fingerprint density at radius 1 is 0.983 bits per heavy atom. The smallest absolute Gasteiger partial charge is 0.331 e. The molecule has 3 N–H and O–H groups in total. The van der Waals surface area contributed by atoms with E-state index in [0.717, 1.165) is 6.42 Å². The zero-order valence-electron chi connectivity index (χ0n) is 37.9. The van der Waals surface area contributed by atoms with Gasteiger partial charge in [-0.15, -0.1) is 12.3 Å². The number of oxime groups is 1. The van der Waals surface area contributed by atoms with Crippen molar-refractivity contribution in [2.75, 3.05) is 20.7 Å². The van der Waals surface area contributed by atoms with Crippen molar-refractivity contribution < 1.29 is 63.0 Å². The molecule has 3 rings (SSSR count). The number of esters is 2. The molecule has 0 aromatic rings. The van der Waals surface area contributed by atoms with E-state index >= 15 is 0 Å². The minimum Gasteiger partial charge on any atom is -0.459 e. The minimum absolute atomic E-state index is 0.00985. The van der Waals surface area contributed by atoms with Crippen LogP contribution in [-0.2, 0) is 47.6 Å². The van der Waals surface area contributed by atoms with Gasteiger partial charge in [0.05, 0.1) is 47.8 Å². The monoisotopic (exact) mass is 839 g/mol. The number of methoxy groups -OCH3 is 1. The number of aliphatic hydroxyl groups excluding tert-OH is 1. The highest BCUT2D eigenvalue weighted by Crippen LogP contribution is 2.46. The van der Waals surface area contributed by atoms with E-state index < -0.39 is 107 Å². The van der Waals surface area contributed by atoms with E-state index in [0.29, 0.717) is 19.4 Å². The number of cyclic esters (lactones) is 1. The molecule has 17 atom stereocenters. The summed E-state index contributed by atoms with van der Waals surface area (Å²) in [6.45, 7) is 20.6. The van der Waals surface area contributed by atoms with Crippen LogP contribution in [0.3, 0.4) is 0 Å². The first-order valence-electron chi connectivity index (χ1n) is 21.3. The Bertz CT molecular complexity index is 1500. The van der Waals surface area contributed by atoms with Crippen molar-refractivity contribution in [3.8, 4) is 12.3 Å². The quantitative estimate of drug-likeness (QED) is 0.121. The summed E-state index contributed by atoms with van der Waals surface area (Å²) in [6, 6.07) is 0.0613. The van der Waals surface area contributed by atoms with Crippen LogP contribution in [0.25, 0.3) is 0 Å². The third-order valence-electron chi connectivity index (χ3n) is 13.2. The van der Waals surface area contributed by atoms with Crippen molar-refractivity contribution in [1.82, 2.24) is 4.90 Å². The number of rotatable bonds is 10. The first-order chi connectivity index (χ1) is 27.3. The summed E-state index contributed by atoms with van der Waals surface area (Å²) in [5.74, 6) is -3.05. The molecule has 0 bridgehead atoms. The number of carbonyl (C=O) groups is 3. The number of hydrogen-bond donors (Lipinski definition) is 3. The molecule has 3 aliphatic heterocycles. The van der Waals surface area contributed by atoms with Crippen LogP contribution in [0.15, 0.2) is 5.16 Å². The Labute approximate surface area is 352 Å². The Hall–Kier alpha value is -2.68. The molecule has 15 nitrogen and oxygen atoms in total. The maximum Gasteiger partial charge on any atom is 0.331 e. The predicted octanol–water partition coefficient (Wildman–Crippen LogP) is 4.40. The Balaban J connectivity index is 2.29. The highest BCUT2D eigenvalue weighted by atomic mass is 16.7. The molecule has 3 fully saturated rings. The lowest BCUT2D eigenvalue weighted by Crippen LogP contribution is -2.62. The highest BCUT2D eigenvalue weighted by molar-refractivity contribution is 5.89. The molecule has 3 aliphatic rings. The lowest BCUT2D eigenvalue weighted by atomic mass is 9.67. The summed E-state index contributed by atoms with van der Waals surface area (Å²) >= 11 is 0. The predicted molar refractivity (Wildman–Crippen MR) is 220 cm³/mol. The fourth-order valence-electron chi connectivity index (χ4n) is 9.95. The number of terminal acetylenes is 1. The highest BCUT2D eigenvalue weighted by Gasteiger charge is 2.56. The van der Waals surface area contributed by atoms with Crippen molar-refractivity contribution in [1.29, 1.82) is 0 Å². The fraction of sp³-hybridized carbons (Fsp3) is 0.864. The summed E-state index contributed by atoms with van der Waals surface area (Å²) in [6.07, 6.45) is 0.828. The number of ether oxygens (including phenoxy) is 6. The molecular formula is C44H74N2O13. The molecule has 6 unspecified atom stereocenters. The van der Waals surface area contributed by atoms with E-state index in [4.69, 9.17) is 39.7 Å². The molecule has 3 saturated heterocycles. The van der Waals surface area contributed by atoms with Gasteiger partial charge < -0.3 is 53.5 Å². The molecule has 0 amide bonds. The summed E-state index contributed by atoms with van der Waals surface area (Å²) in [4.78, 5) is 46.2. The Morgan fingerprint density at radius 3 is 2.19 bits per heavy atom. The van der Waals surface area contributed by atoms with Crippen LogP contribution < -0.4 is 0 Å². The van der Waals surface area contributed by atoms with Gasteiger partial charge in [-0.05, 0) is 66.8 Å². The second kappa shape index (κ2) is 20.9. The lowest BCUT2D eigenvalue weighted by Gasteiger charge is -2.52. The fourth-order valence-corrected chi connectivity index (χ4v) is 9.95. The van der Waals surface area contributed by atoms with Crippen molar-refractivity contribution in [3.63, 3.8) is 0 Å². The molecular weight excluding hydrogens is 764 g/mol. The third-order valence-corrected chi connectivity index (χ3v) is 13.2. The second-order valence-electron chi connectivity index (χ2n) is 18.2. The topological polar surface area (TPSA) is 192 Å². The molecule has 0 saturated carbocycles. The van der Waals surface area contributed by atoms with Gasteiger partial charge in [0.25, 0.3) is 0 Å². The van der Waals surface area contributed by atoms with E-state index in [9.17, 15) is 29.7 Å². The molecule has 0 aromatic carbocycles. The van der Waals surface area contributed by atoms with Crippen LogP contribution in [0.1, 0.15) is 122 Å². The van der Waals surface area contributed by atoms with Crippen molar-refractivity contribution in [2.45, 2.75) is 193 Å². The summed E-state index contributed by atoms with van der Waals surface area (Å²) in [5.41, 5.74) is -4.52. The van der Waals surface area contributed by atoms with Crippen molar-refractivity contribution in [2.24, 2.45) is 34.7 Å². The maximum absolute atomic E-state index is 14.5. The van der Waals surface area contributed by atoms with Crippen LogP contribution in [0.4, 0.5) is 0 Å². The van der Waals surface area contributed by atoms with Crippen molar-refractivity contribution in [3.05, 3.63) is 0 Å². The maximum atomic E-state index is 14.5. The van der Waals surface area contributed by atoms with Gasteiger partial charge in [-0.3, -0.25) is 9.59 Å². The van der Waals surface area contributed by atoms with Crippen LogP contribution in [0.2, 0.25) is 0 Å². The van der Waals surface area contributed by atoms with Crippen LogP contribution >= 0.6 is 0 Å². The SMILES string of the molecule is C#CCCN(C)C1CC(O[C@@H]2[C@@H](C)C([C@H]3C[C@@](C)(OC)[C@@H](OC(C)=O)[C@H](C)O3)C(C)C(=O)O[C@H](CC)[C@@](C)(O)C(O)C(C)/C(=N/OC(C)=O)[C@H](C)C[C@@]2(C)O)O[C@H](C)C1. The van der Waals surface area contributed by atoms with Gasteiger partial charge in [0, 0.05) is 70.6 Å². The van der Waals surface area contributed by atoms with Gasteiger partial charge in [0.2, 0.25) is 0 Å². The van der Waals surface area contributed by atoms with Gasteiger partial charge in [-0.25, -0.2) is 4.79 Å². The second-order valence-corrected chi connectivity index (χ2v) is 18.2. The van der Waals surface area contributed by atoms with Gasteiger partial charge in [0.15, 0.2) is 12.4 Å². The minimum atomic E-state index is -1.99. The van der Waals surface area contributed by atoms with Crippen molar-refractivity contribution >= 4 is 23.6 Å². The first-order valence-corrected chi connectivity index (χ1v) is 21.3. The summed E-state index contributed by atoms with van der Waals surface area (Å²) in [7, 11) is 3.55. The lowest BCUT2D eigenvalue weighted by molar-refractivity contribution is -0.276. The number of nitrogens with zero attached hydrogens (tertiary/aromatic N) is 2. The van der Waals surface area contributed by atoms with Gasteiger partial charge in [-0.1, -0.05) is 39.8 Å². The van der Waals surface area contributed by atoms with Gasteiger partial charge in [-0.2, -0.15) is 0 Å². The van der Waals surface area contributed by atoms with Crippen LogP contribution in [0.5, 0.6) is 0 Å². The molecule has 0 aromatic heterocycles. The Kier molecular flexibility index (Phi) is 18.0. The molecule has 0 radical (unpaired) electrons. The summed E-state index contributed by atoms with van der Waals surface area (Å²) < 4.78 is 38.1. The van der Waals surface area contributed by atoms with E-state index in [1.54, 1.807) is 41.5 Å². The van der Waals surface area contributed by atoms with E-state index in [-0.39, 0.29) is 37.1 Å². The van der Waals surface area contributed by atoms with Gasteiger partial charge >= 0.3 is 17.9 Å². The molecule has 59 heavy (non-hydrogen) atoms. The van der Waals surface area contributed by atoms with E-state index in [1.807, 2.05) is 27.8 Å². The average Bonchev–Trinajstić information content (AvgIpc) is 3.14. The third kappa shape index (κ3) is 12.2. The summed E-state index contributed by atoms with van der Waals surface area (Å²) in [5, 5.41) is 40.8. The van der Waals surface area contributed by atoms with Crippen LogP contribution in [-0.4, -0.2) is 136 Å². The zero-order valence-corrected chi connectivity index (χ0v) is 37.9. The Morgan fingerprint density at radius 2 is 1.63 bits per heavy atom. The average molecular weight is 839 g/mol. The number of aliphatic hydroxyl groups is 3. The first kappa shape index (κ1) is 50.7. The van der Waals surface area contributed by atoms with E-state index in [1.165, 1.54) is 27.9 Å². The molecule has 15 heteroatoms. The molecule has 3 heterocycles. The van der Waals surface area contributed by atoms with Crippen LogP contribution in [0, 0.1) is 41.9 Å². The number of carbonyl (C=O) groups excluding carboxylic acids is 3. The zero-order chi connectivity index (χ0) is 44.8. The number of hydrogen-bond acceptors (Lipinski definition) is 15. The molecule has 0 spiro atoms. The van der Waals surface area contributed by atoms with E-state index in [2.05, 4.69) is 16.0 Å². The standard InChI is InChI=1S/C44H74N2O13/c1-16-18-19-46(14)32-20-25(4)54-35(21-32)58-39-26(5)36(33-23-43(12,53-15)40(29(8)55-33)56-30(9)47)27(6)41(50)57-34(17-2)44(13,52)38(49)28(7)37(45-59-31(10)48)24(3)22-42(39,11)51/h1,24-29,32-36,38-40,49,51-52H,17-23H2,2-15H3/b45-37+/t24-,25-,26+,27?,28?,29+,32?,33-,34-,35?,36?,38?,39-,40+,42-,43-,44-/m1/s1. The van der Waals surface area contributed by atoms with Gasteiger partial charge in [0.1, 0.15) is 17.3 Å². The largest absolute Gasteiger partial charge is 0.459 e. The normalized spacial score (nSPS) is 43.6. The molecule has 338 valence electrons. The molecule has 0 aliphatic carbocycles.